The molecule has 5 nitrogen and oxygen atoms in total. The van der Waals surface area contributed by atoms with Crippen LogP contribution in [0.3, 0.4) is 0 Å². The van der Waals surface area contributed by atoms with E-state index in [1.54, 1.807) is 0 Å². The number of carbonyl (C=O) groups is 1. The van der Waals surface area contributed by atoms with E-state index in [0.29, 0.717) is 12.8 Å². The molecule has 1 amide bonds. The van der Waals surface area contributed by atoms with Crippen molar-refractivity contribution in [1.82, 2.24) is 5.32 Å². The Hall–Kier alpha value is -1.17. The van der Waals surface area contributed by atoms with E-state index < -0.39 is 18.2 Å². The molecule has 0 bridgehead atoms. The number of aliphatic hydroxyl groups is 3. The van der Waals surface area contributed by atoms with E-state index in [1.165, 1.54) is 180 Å². The Morgan fingerprint density at radius 2 is 0.769 bits per heavy atom. The van der Waals surface area contributed by atoms with Crippen LogP contribution in [-0.4, -0.2) is 46.1 Å². The Balaban J connectivity index is 3.63. The second-order valence-electron chi connectivity index (χ2n) is 16.0. The molecule has 5 heteroatoms. The van der Waals surface area contributed by atoms with Crippen LogP contribution in [0, 0.1) is 0 Å². The first-order chi connectivity index (χ1) is 25.6. The maximum absolute atomic E-state index is 12.4. The molecule has 52 heavy (non-hydrogen) atoms. The topological polar surface area (TPSA) is 89.8 Å². The Kier molecular flexibility index (Phi) is 41.6. The van der Waals surface area contributed by atoms with Gasteiger partial charge in [-0.1, -0.05) is 199 Å². The van der Waals surface area contributed by atoms with Crippen LogP contribution in [0.5, 0.6) is 0 Å². The highest BCUT2D eigenvalue weighted by Gasteiger charge is 2.26. The third-order valence-corrected chi connectivity index (χ3v) is 10.8. The van der Waals surface area contributed by atoms with Crippen molar-refractivity contribution in [3.8, 4) is 0 Å². The maximum atomic E-state index is 12.4. The lowest BCUT2D eigenvalue weighted by Crippen LogP contribution is -2.50. The SMILES string of the molecule is CCCCCCCCCCCC/C=C/CCCC(O)C(O)C(CO)NC(=O)CCCCCCCCC/C=C\CCCCCCCCCCCCCC. The standard InChI is InChI=1S/C47H91NO4/c1-3-5-7-9-11-13-15-17-19-20-21-22-23-24-25-26-28-30-32-34-36-38-40-42-46(51)48-44(43-49)47(52)45(50)41-39-37-35-33-31-29-27-18-16-14-12-10-8-6-4-2/h24-25,33,35,44-45,47,49-50,52H,3-23,26-32,34,36-43H2,1-2H3,(H,48,51)/b25-24-,35-33+. The van der Waals surface area contributed by atoms with Gasteiger partial charge in [-0.3, -0.25) is 4.79 Å². The molecule has 0 rings (SSSR count). The molecule has 0 aliphatic rings. The van der Waals surface area contributed by atoms with E-state index in [1.807, 2.05) is 0 Å². The van der Waals surface area contributed by atoms with E-state index in [0.717, 1.165) is 38.5 Å². The number of unbranched alkanes of at least 4 members (excludes halogenated alkanes) is 30. The van der Waals surface area contributed by atoms with Crippen molar-refractivity contribution in [1.29, 1.82) is 0 Å². The lowest BCUT2D eigenvalue weighted by Gasteiger charge is -2.26. The van der Waals surface area contributed by atoms with Gasteiger partial charge in [0, 0.05) is 6.42 Å². The summed E-state index contributed by atoms with van der Waals surface area (Å²) in [4.78, 5) is 12.4. The molecule has 0 saturated carbocycles. The zero-order chi connectivity index (χ0) is 38.0. The zero-order valence-electron chi connectivity index (χ0n) is 35.0. The maximum Gasteiger partial charge on any atom is 0.220 e. The number of aliphatic hydroxyl groups excluding tert-OH is 3. The third-order valence-electron chi connectivity index (χ3n) is 10.8. The summed E-state index contributed by atoms with van der Waals surface area (Å²) in [6.07, 6.45) is 51.5. The molecule has 0 aliphatic heterocycles. The summed E-state index contributed by atoms with van der Waals surface area (Å²) in [6, 6.07) is -0.826. The summed E-state index contributed by atoms with van der Waals surface area (Å²) in [5, 5.41) is 33.5. The summed E-state index contributed by atoms with van der Waals surface area (Å²) in [5.41, 5.74) is 0. The molecule has 0 spiro atoms. The molecule has 308 valence electrons. The van der Waals surface area contributed by atoms with Crippen molar-refractivity contribution in [2.45, 2.75) is 263 Å². The van der Waals surface area contributed by atoms with E-state index in [2.05, 4.69) is 43.5 Å². The number of amides is 1. The number of rotatable bonds is 42. The van der Waals surface area contributed by atoms with Crippen molar-refractivity contribution < 1.29 is 20.1 Å². The molecule has 0 radical (unpaired) electrons. The predicted molar refractivity (Wildman–Crippen MR) is 227 cm³/mol. The molecular weight excluding hydrogens is 643 g/mol. The number of carbonyl (C=O) groups excluding carboxylic acids is 1. The van der Waals surface area contributed by atoms with Crippen molar-refractivity contribution in [3.05, 3.63) is 24.3 Å². The van der Waals surface area contributed by atoms with Crippen LogP contribution in [0.25, 0.3) is 0 Å². The van der Waals surface area contributed by atoms with E-state index in [4.69, 9.17) is 0 Å². The molecule has 0 aliphatic carbocycles. The van der Waals surface area contributed by atoms with Gasteiger partial charge < -0.3 is 20.6 Å². The molecule has 0 fully saturated rings. The minimum absolute atomic E-state index is 0.157. The van der Waals surface area contributed by atoms with Crippen LogP contribution in [0.1, 0.15) is 245 Å². The lowest BCUT2D eigenvalue weighted by atomic mass is 10.0. The van der Waals surface area contributed by atoms with E-state index in [9.17, 15) is 20.1 Å². The molecule has 0 aromatic heterocycles. The highest BCUT2D eigenvalue weighted by atomic mass is 16.3. The summed E-state index contributed by atoms with van der Waals surface area (Å²) in [6.45, 7) is 4.18. The first kappa shape index (κ1) is 50.8. The first-order valence-electron chi connectivity index (χ1n) is 23.1. The fourth-order valence-corrected chi connectivity index (χ4v) is 7.16. The molecule has 0 aromatic rings. The summed E-state index contributed by atoms with van der Waals surface area (Å²) in [5.74, 6) is -0.157. The average molecular weight is 734 g/mol. The van der Waals surface area contributed by atoms with Gasteiger partial charge in [-0.15, -0.1) is 0 Å². The second kappa shape index (κ2) is 42.6. The van der Waals surface area contributed by atoms with E-state index in [-0.39, 0.29) is 12.5 Å². The molecule has 0 saturated heterocycles. The van der Waals surface area contributed by atoms with Crippen molar-refractivity contribution in [2.75, 3.05) is 6.61 Å². The Bertz CT molecular complexity index is 768. The third kappa shape index (κ3) is 37.2. The van der Waals surface area contributed by atoms with Crippen molar-refractivity contribution in [3.63, 3.8) is 0 Å². The first-order valence-corrected chi connectivity index (χ1v) is 23.1. The Morgan fingerprint density at radius 1 is 0.462 bits per heavy atom. The van der Waals surface area contributed by atoms with Crippen LogP contribution in [0.4, 0.5) is 0 Å². The van der Waals surface area contributed by atoms with Gasteiger partial charge >= 0.3 is 0 Å². The molecule has 4 N–H and O–H groups in total. The van der Waals surface area contributed by atoms with E-state index >= 15 is 0 Å². The van der Waals surface area contributed by atoms with Crippen molar-refractivity contribution >= 4 is 5.91 Å². The highest BCUT2D eigenvalue weighted by molar-refractivity contribution is 5.76. The summed E-state index contributed by atoms with van der Waals surface area (Å²) in [7, 11) is 0. The van der Waals surface area contributed by atoms with Gasteiger partial charge in [0.1, 0.15) is 6.10 Å². The molecule has 3 atom stereocenters. The van der Waals surface area contributed by atoms with Gasteiger partial charge in [-0.2, -0.15) is 0 Å². The second-order valence-corrected chi connectivity index (χ2v) is 16.0. The van der Waals surface area contributed by atoms with Crippen LogP contribution in [-0.2, 0) is 4.79 Å². The predicted octanol–water partition coefficient (Wildman–Crippen LogP) is 13.4. The summed E-state index contributed by atoms with van der Waals surface area (Å²) < 4.78 is 0. The van der Waals surface area contributed by atoms with Gasteiger partial charge in [0.25, 0.3) is 0 Å². The number of nitrogens with one attached hydrogen (secondary N) is 1. The molecule has 0 heterocycles. The largest absolute Gasteiger partial charge is 0.394 e. The van der Waals surface area contributed by atoms with Gasteiger partial charge in [-0.25, -0.2) is 0 Å². The number of hydrogen-bond acceptors (Lipinski definition) is 4. The Labute approximate surface area is 324 Å². The molecule has 3 unspecified atom stereocenters. The van der Waals surface area contributed by atoms with Gasteiger partial charge in [0.2, 0.25) is 5.91 Å². The zero-order valence-corrected chi connectivity index (χ0v) is 35.0. The van der Waals surface area contributed by atoms with Gasteiger partial charge in [0.05, 0.1) is 18.8 Å². The van der Waals surface area contributed by atoms with Crippen LogP contribution >= 0.6 is 0 Å². The van der Waals surface area contributed by atoms with Crippen molar-refractivity contribution in [2.24, 2.45) is 0 Å². The van der Waals surface area contributed by atoms with Crippen LogP contribution < -0.4 is 5.32 Å². The van der Waals surface area contributed by atoms with Crippen LogP contribution in [0.15, 0.2) is 24.3 Å². The quantitative estimate of drug-likeness (QED) is 0.0371. The fourth-order valence-electron chi connectivity index (χ4n) is 7.16. The van der Waals surface area contributed by atoms with Crippen LogP contribution in [0.2, 0.25) is 0 Å². The lowest BCUT2D eigenvalue weighted by molar-refractivity contribution is -0.124. The normalized spacial score (nSPS) is 13.7. The smallest absolute Gasteiger partial charge is 0.220 e. The summed E-state index contributed by atoms with van der Waals surface area (Å²) >= 11 is 0. The molecular formula is C47H91NO4. The van der Waals surface area contributed by atoms with Gasteiger partial charge in [-0.05, 0) is 64.2 Å². The van der Waals surface area contributed by atoms with Gasteiger partial charge in [0.15, 0.2) is 0 Å². The monoisotopic (exact) mass is 734 g/mol. The number of hydrogen-bond donors (Lipinski definition) is 4. The minimum atomic E-state index is -1.16. The average Bonchev–Trinajstić information content (AvgIpc) is 3.15. The highest BCUT2D eigenvalue weighted by Crippen LogP contribution is 2.15. The molecule has 0 aromatic carbocycles. The Morgan fingerprint density at radius 3 is 1.12 bits per heavy atom. The number of allylic oxidation sites excluding steroid dienone is 4. The fraction of sp³-hybridized carbons (Fsp3) is 0.894. The minimum Gasteiger partial charge on any atom is -0.394 e.